The van der Waals surface area contributed by atoms with Gasteiger partial charge in [-0.05, 0) is 32.0 Å². The molecule has 0 aliphatic carbocycles. The van der Waals surface area contributed by atoms with Crippen LogP contribution in [0.15, 0.2) is 12.1 Å². The number of piperazine rings is 1. The summed E-state index contributed by atoms with van der Waals surface area (Å²) < 4.78 is 1.92. The lowest BCUT2D eigenvalue weighted by molar-refractivity contribution is 0.0943. The summed E-state index contributed by atoms with van der Waals surface area (Å²) >= 11 is 0. The predicted octanol–water partition coefficient (Wildman–Crippen LogP) is 0.359. The average Bonchev–Trinajstić information content (AvgIpc) is 2.76. The fourth-order valence-corrected chi connectivity index (χ4v) is 2.37. The highest BCUT2D eigenvalue weighted by Gasteiger charge is 2.11. The minimum Gasteiger partial charge on any atom is -0.351 e. The fourth-order valence-electron chi connectivity index (χ4n) is 2.37. The first kappa shape index (κ1) is 14.1. The highest BCUT2D eigenvalue weighted by molar-refractivity contribution is 5.92. The Morgan fingerprint density at radius 3 is 2.74 bits per heavy atom. The van der Waals surface area contributed by atoms with E-state index in [1.807, 2.05) is 30.7 Å². The molecule has 0 bridgehead atoms. The summed E-state index contributed by atoms with van der Waals surface area (Å²) in [7, 11) is 1.92. The third kappa shape index (κ3) is 3.81. The van der Waals surface area contributed by atoms with Gasteiger partial charge in [0.2, 0.25) is 0 Å². The second kappa shape index (κ2) is 6.73. The van der Waals surface area contributed by atoms with Gasteiger partial charge in [0.05, 0.1) is 0 Å². The molecule has 5 nitrogen and oxygen atoms in total. The maximum absolute atomic E-state index is 12.0. The molecular weight excluding hydrogens is 240 g/mol. The lowest BCUT2D eigenvalue weighted by Crippen LogP contribution is -2.44. The molecule has 1 fully saturated rings. The molecule has 0 unspecified atom stereocenters. The number of nitrogens with zero attached hydrogens (tertiary/aromatic N) is 2. The SMILES string of the molecule is Cc1ccc(C(=O)NCCCN2CCNCC2)n1C. The summed E-state index contributed by atoms with van der Waals surface area (Å²) in [5.74, 6) is 0.0240. The van der Waals surface area contributed by atoms with E-state index in [4.69, 9.17) is 0 Å². The Balaban J connectivity index is 1.68. The van der Waals surface area contributed by atoms with Crippen LogP contribution >= 0.6 is 0 Å². The fraction of sp³-hybridized carbons (Fsp3) is 0.643. The van der Waals surface area contributed by atoms with Gasteiger partial charge in [0, 0.05) is 45.5 Å². The van der Waals surface area contributed by atoms with Crippen molar-refractivity contribution in [1.82, 2.24) is 20.1 Å². The highest BCUT2D eigenvalue weighted by Crippen LogP contribution is 2.05. The zero-order chi connectivity index (χ0) is 13.7. The predicted molar refractivity (Wildman–Crippen MR) is 76.4 cm³/mol. The Bertz CT molecular complexity index is 421. The van der Waals surface area contributed by atoms with Gasteiger partial charge in [-0.3, -0.25) is 4.79 Å². The first-order valence-corrected chi connectivity index (χ1v) is 7.02. The van der Waals surface area contributed by atoms with Crippen molar-refractivity contribution in [2.75, 3.05) is 39.3 Å². The van der Waals surface area contributed by atoms with Crippen LogP contribution in [-0.4, -0.2) is 54.6 Å². The van der Waals surface area contributed by atoms with E-state index in [9.17, 15) is 4.79 Å². The molecule has 0 aromatic carbocycles. The minimum atomic E-state index is 0.0240. The van der Waals surface area contributed by atoms with Gasteiger partial charge in [-0.25, -0.2) is 0 Å². The third-order valence-corrected chi connectivity index (χ3v) is 3.75. The lowest BCUT2D eigenvalue weighted by Gasteiger charge is -2.27. The summed E-state index contributed by atoms with van der Waals surface area (Å²) in [4.78, 5) is 14.4. The molecule has 1 aliphatic heterocycles. The maximum atomic E-state index is 12.0. The first-order valence-electron chi connectivity index (χ1n) is 7.02. The van der Waals surface area contributed by atoms with Crippen LogP contribution in [0.1, 0.15) is 22.6 Å². The van der Waals surface area contributed by atoms with Crippen molar-refractivity contribution < 1.29 is 4.79 Å². The van der Waals surface area contributed by atoms with Crippen molar-refractivity contribution in [2.24, 2.45) is 7.05 Å². The van der Waals surface area contributed by atoms with Crippen molar-refractivity contribution >= 4 is 5.91 Å². The summed E-state index contributed by atoms with van der Waals surface area (Å²) in [6.07, 6.45) is 1.01. The van der Waals surface area contributed by atoms with E-state index >= 15 is 0 Å². The van der Waals surface area contributed by atoms with Gasteiger partial charge in [-0.1, -0.05) is 0 Å². The second-order valence-electron chi connectivity index (χ2n) is 5.12. The highest BCUT2D eigenvalue weighted by atomic mass is 16.1. The van der Waals surface area contributed by atoms with E-state index in [2.05, 4.69) is 15.5 Å². The van der Waals surface area contributed by atoms with Crippen LogP contribution < -0.4 is 10.6 Å². The molecule has 0 atom stereocenters. The normalized spacial score (nSPS) is 16.5. The van der Waals surface area contributed by atoms with Crippen LogP contribution in [0.3, 0.4) is 0 Å². The Labute approximate surface area is 115 Å². The second-order valence-corrected chi connectivity index (χ2v) is 5.12. The molecule has 0 radical (unpaired) electrons. The first-order chi connectivity index (χ1) is 9.18. The van der Waals surface area contributed by atoms with Crippen LogP contribution in [-0.2, 0) is 7.05 Å². The topological polar surface area (TPSA) is 49.3 Å². The van der Waals surface area contributed by atoms with Gasteiger partial charge in [0.25, 0.3) is 5.91 Å². The number of hydrogen-bond donors (Lipinski definition) is 2. The standard InChI is InChI=1S/C14H24N4O/c1-12-4-5-13(17(12)2)14(19)16-6-3-9-18-10-7-15-8-11-18/h4-5,15H,3,6-11H2,1-2H3,(H,16,19). The molecule has 1 aromatic rings. The number of rotatable bonds is 5. The molecule has 1 saturated heterocycles. The Morgan fingerprint density at radius 2 is 2.11 bits per heavy atom. The van der Waals surface area contributed by atoms with Gasteiger partial charge >= 0.3 is 0 Å². The van der Waals surface area contributed by atoms with E-state index in [1.54, 1.807) is 0 Å². The van der Waals surface area contributed by atoms with Crippen LogP contribution in [0.4, 0.5) is 0 Å². The molecule has 2 N–H and O–H groups in total. The minimum absolute atomic E-state index is 0.0240. The van der Waals surface area contributed by atoms with Gasteiger partial charge in [0.15, 0.2) is 0 Å². The van der Waals surface area contributed by atoms with Crippen molar-refractivity contribution in [3.05, 3.63) is 23.5 Å². The van der Waals surface area contributed by atoms with Gasteiger partial charge < -0.3 is 20.1 Å². The molecule has 1 aliphatic rings. The summed E-state index contributed by atoms with van der Waals surface area (Å²) in [6, 6.07) is 3.84. The summed E-state index contributed by atoms with van der Waals surface area (Å²) in [5, 5.41) is 6.33. The van der Waals surface area contributed by atoms with Crippen molar-refractivity contribution in [3.8, 4) is 0 Å². The molecule has 0 spiro atoms. The Kier molecular flexibility index (Phi) is 4.99. The molecular formula is C14H24N4O. The zero-order valence-electron chi connectivity index (χ0n) is 11.9. The molecule has 2 heterocycles. The number of aromatic nitrogens is 1. The number of hydrogen-bond acceptors (Lipinski definition) is 3. The van der Waals surface area contributed by atoms with Crippen molar-refractivity contribution in [2.45, 2.75) is 13.3 Å². The smallest absolute Gasteiger partial charge is 0.267 e. The van der Waals surface area contributed by atoms with E-state index in [-0.39, 0.29) is 5.91 Å². The van der Waals surface area contributed by atoms with E-state index in [0.717, 1.165) is 57.1 Å². The Morgan fingerprint density at radius 1 is 1.37 bits per heavy atom. The molecule has 5 heteroatoms. The largest absolute Gasteiger partial charge is 0.351 e. The summed E-state index contributed by atoms with van der Waals surface area (Å²) in [6.45, 7) is 8.20. The van der Waals surface area contributed by atoms with E-state index < -0.39 is 0 Å². The molecule has 106 valence electrons. The van der Waals surface area contributed by atoms with Crippen LogP contribution in [0.5, 0.6) is 0 Å². The number of carbonyl (C=O) groups excluding carboxylic acids is 1. The quantitative estimate of drug-likeness (QED) is 0.755. The molecule has 2 rings (SSSR count). The molecule has 1 aromatic heterocycles. The van der Waals surface area contributed by atoms with E-state index in [0.29, 0.717) is 0 Å². The molecule has 1 amide bonds. The van der Waals surface area contributed by atoms with Crippen molar-refractivity contribution in [1.29, 1.82) is 0 Å². The van der Waals surface area contributed by atoms with Crippen LogP contribution in [0.2, 0.25) is 0 Å². The molecule has 19 heavy (non-hydrogen) atoms. The number of aryl methyl sites for hydroxylation is 1. The Hall–Kier alpha value is -1.33. The van der Waals surface area contributed by atoms with Crippen LogP contribution in [0, 0.1) is 6.92 Å². The van der Waals surface area contributed by atoms with Gasteiger partial charge in [-0.15, -0.1) is 0 Å². The lowest BCUT2D eigenvalue weighted by atomic mass is 10.3. The zero-order valence-corrected chi connectivity index (χ0v) is 11.9. The third-order valence-electron chi connectivity index (χ3n) is 3.75. The van der Waals surface area contributed by atoms with Gasteiger partial charge in [-0.2, -0.15) is 0 Å². The number of nitrogens with one attached hydrogen (secondary N) is 2. The maximum Gasteiger partial charge on any atom is 0.267 e. The monoisotopic (exact) mass is 264 g/mol. The van der Waals surface area contributed by atoms with E-state index in [1.165, 1.54) is 0 Å². The number of amides is 1. The van der Waals surface area contributed by atoms with Crippen molar-refractivity contribution in [3.63, 3.8) is 0 Å². The summed E-state index contributed by atoms with van der Waals surface area (Å²) in [5.41, 5.74) is 1.84. The molecule has 0 saturated carbocycles. The average molecular weight is 264 g/mol. The van der Waals surface area contributed by atoms with Gasteiger partial charge in [0.1, 0.15) is 5.69 Å². The number of carbonyl (C=O) groups is 1. The van der Waals surface area contributed by atoms with Crippen LogP contribution in [0.25, 0.3) is 0 Å².